The molecule has 5 heteroatoms. The number of carboxylic acids is 1. The molecule has 1 heterocycles. The van der Waals surface area contributed by atoms with Crippen LogP contribution >= 0.6 is 0 Å². The molecule has 0 aromatic carbocycles. The lowest BCUT2D eigenvalue weighted by Gasteiger charge is -2.34. The number of carbonyl (C=O) groups excluding carboxylic acids is 1. The summed E-state index contributed by atoms with van der Waals surface area (Å²) >= 11 is 0. The molecule has 1 aliphatic heterocycles. The second-order valence-corrected chi connectivity index (χ2v) is 6.04. The molecule has 5 nitrogen and oxygen atoms in total. The number of carbonyl (C=O) groups is 2. The Hall–Kier alpha value is -1.10. The van der Waals surface area contributed by atoms with Crippen LogP contribution in [0, 0.1) is 11.8 Å². The Morgan fingerprint density at radius 2 is 1.74 bits per heavy atom. The second-order valence-electron chi connectivity index (χ2n) is 6.04. The number of likely N-dealkylation sites (tertiary alicyclic amines) is 1. The van der Waals surface area contributed by atoms with Crippen molar-refractivity contribution in [1.29, 1.82) is 0 Å². The van der Waals surface area contributed by atoms with Crippen LogP contribution in [0.15, 0.2) is 0 Å². The summed E-state index contributed by atoms with van der Waals surface area (Å²) in [5, 5.41) is 8.99. The second kappa shape index (κ2) is 5.90. The van der Waals surface area contributed by atoms with E-state index in [2.05, 4.69) is 4.90 Å². The maximum absolute atomic E-state index is 12.4. The van der Waals surface area contributed by atoms with Crippen LogP contribution in [-0.4, -0.2) is 60.0 Å². The number of rotatable bonds is 3. The van der Waals surface area contributed by atoms with Crippen molar-refractivity contribution >= 4 is 11.9 Å². The maximum Gasteiger partial charge on any atom is 0.306 e. The van der Waals surface area contributed by atoms with Gasteiger partial charge >= 0.3 is 5.97 Å². The number of amides is 1. The molecule has 2 fully saturated rings. The van der Waals surface area contributed by atoms with Gasteiger partial charge in [0.05, 0.1) is 11.8 Å². The molecule has 0 radical (unpaired) electrons. The van der Waals surface area contributed by atoms with E-state index in [0.717, 1.165) is 32.4 Å². The van der Waals surface area contributed by atoms with E-state index in [0.29, 0.717) is 12.8 Å². The first-order chi connectivity index (χ1) is 8.99. The minimum atomic E-state index is -0.690. The van der Waals surface area contributed by atoms with Crippen molar-refractivity contribution in [3.05, 3.63) is 0 Å². The van der Waals surface area contributed by atoms with Crippen LogP contribution in [0.3, 0.4) is 0 Å². The monoisotopic (exact) mass is 268 g/mol. The van der Waals surface area contributed by atoms with E-state index in [-0.39, 0.29) is 23.8 Å². The zero-order valence-corrected chi connectivity index (χ0v) is 11.8. The van der Waals surface area contributed by atoms with E-state index in [1.54, 1.807) is 0 Å². The van der Waals surface area contributed by atoms with Crippen molar-refractivity contribution in [3.8, 4) is 0 Å². The molecule has 1 N–H and O–H groups in total. The Bertz CT molecular complexity index is 351. The third kappa shape index (κ3) is 3.26. The van der Waals surface area contributed by atoms with Crippen LogP contribution in [0.1, 0.15) is 32.1 Å². The Morgan fingerprint density at radius 3 is 2.21 bits per heavy atom. The van der Waals surface area contributed by atoms with Crippen molar-refractivity contribution in [2.75, 3.05) is 27.2 Å². The van der Waals surface area contributed by atoms with E-state index in [9.17, 15) is 9.59 Å². The first kappa shape index (κ1) is 14.3. The summed E-state index contributed by atoms with van der Waals surface area (Å²) in [4.78, 5) is 27.4. The lowest BCUT2D eigenvalue weighted by atomic mass is 9.85. The largest absolute Gasteiger partial charge is 0.481 e. The fourth-order valence-electron chi connectivity index (χ4n) is 3.31. The maximum atomic E-state index is 12.4. The number of hydrogen-bond donors (Lipinski definition) is 1. The molecule has 0 spiro atoms. The molecule has 0 aromatic rings. The molecule has 1 saturated carbocycles. The van der Waals surface area contributed by atoms with Gasteiger partial charge in [-0.25, -0.2) is 0 Å². The Labute approximate surface area is 114 Å². The summed E-state index contributed by atoms with van der Waals surface area (Å²) in [6.07, 6.45) is 3.98. The average molecular weight is 268 g/mol. The lowest BCUT2D eigenvalue weighted by molar-refractivity contribution is -0.143. The topological polar surface area (TPSA) is 60.9 Å². The summed E-state index contributed by atoms with van der Waals surface area (Å²) in [6.45, 7) is 1.85. The number of aliphatic carboxylic acids is 1. The van der Waals surface area contributed by atoms with Gasteiger partial charge in [-0.1, -0.05) is 0 Å². The predicted molar refractivity (Wildman–Crippen MR) is 71.8 cm³/mol. The molecule has 0 bridgehead atoms. The van der Waals surface area contributed by atoms with Crippen LogP contribution in [-0.2, 0) is 9.59 Å². The Balaban J connectivity index is 1.85. The minimum absolute atomic E-state index is 0.132. The summed E-state index contributed by atoms with van der Waals surface area (Å²) in [6, 6.07) is 0.231. The van der Waals surface area contributed by atoms with Crippen molar-refractivity contribution in [1.82, 2.24) is 9.80 Å². The van der Waals surface area contributed by atoms with Gasteiger partial charge in [0.15, 0.2) is 0 Å². The lowest BCUT2D eigenvalue weighted by Crippen LogP contribution is -2.43. The molecule has 1 aliphatic carbocycles. The smallest absolute Gasteiger partial charge is 0.306 e. The molecule has 0 aromatic heterocycles. The van der Waals surface area contributed by atoms with Crippen LogP contribution in [0.25, 0.3) is 0 Å². The highest BCUT2D eigenvalue weighted by Gasteiger charge is 2.34. The quantitative estimate of drug-likeness (QED) is 0.831. The van der Waals surface area contributed by atoms with Crippen molar-refractivity contribution in [2.24, 2.45) is 11.8 Å². The van der Waals surface area contributed by atoms with Gasteiger partial charge in [0.2, 0.25) is 5.91 Å². The normalized spacial score (nSPS) is 32.2. The first-order valence-electron chi connectivity index (χ1n) is 7.17. The molecular weight excluding hydrogens is 244 g/mol. The summed E-state index contributed by atoms with van der Waals surface area (Å²) in [5.74, 6) is -0.530. The summed E-state index contributed by atoms with van der Waals surface area (Å²) in [5.41, 5.74) is 0. The predicted octanol–water partition coefficient (Wildman–Crippen LogP) is 1.04. The van der Waals surface area contributed by atoms with Crippen molar-refractivity contribution in [3.63, 3.8) is 0 Å². The van der Waals surface area contributed by atoms with Crippen LogP contribution in [0.5, 0.6) is 0 Å². The first-order valence-corrected chi connectivity index (χ1v) is 7.17. The molecule has 1 amide bonds. The van der Waals surface area contributed by atoms with Crippen LogP contribution < -0.4 is 0 Å². The Morgan fingerprint density at radius 1 is 1.11 bits per heavy atom. The molecule has 19 heavy (non-hydrogen) atoms. The molecule has 2 aliphatic rings. The van der Waals surface area contributed by atoms with Crippen molar-refractivity contribution in [2.45, 2.75) is 38.1 Å². The van der Waals surface area contributed by atoms with Gasteiger partial charge in [-0.15, -0.1) is 0 Å². The zero-order valence-electron chi connectivity index (χ0n) is 11.8. The van der Waals surface area contributed by atoms with E-state index in [4.69, 9.17) is 5.11 Å². The number of nitrogens with zero attached hydrogens (tertiary/aromatic N) is 2. The highest BCUT2D eigenvalue weighted by atomic mass is 16.4. The molecule has 1 atom stereocenters. The van der Waals surface area contributed by atoms with Gasteiger partial charge in [0.25, 0.3) is 0 Å². The highest BCUT2D eigenvalue weighted by Crippen LogP contribution is 2.28. The zero-order chi connectivity index (χ0) is 14.0. The average Bonchev–Trinajstić information content (AvgIpc) is 2.84. The molecule has 1 unspecified atom stereocenters. The third-order valence-electron chi connectivity index (χ3n) is 4.68. The van der Waals surface area contributed by atoms with Gasteiger partial charge in [0, 0.05) is 19.6 Å². The minimum Gasteiger partial charge on any atom is -0.481 e. The van der Waals surface area contributed by atoms with Gasteiger partial charge in [-0.3, -0.25) is 9.59 Å². The van der Waals surface area contributed by atoms with Gasteiger partial charge in [-0.05, 0) is 45.7 Å². The number of carboxylic acid groups (broad SMARTS) is 1. The SMILES string of the molecule is CN1CCC(C(=O)N(C)C2CCC(C(=O)O)CC2)C1. The van der Waals surface area contributed by atoms with Crippen molar-refractivity contribution < 1.29 is 14.7 Å². The van der Waals surface area contributed by atoms with Gasteiger partial charge in [0.1, 0.15) is 0 Å². The van der Waals surface area contributed by atoms with Crippen LogP contribution in [0.4, 0.5) is 0 Å². The third-order valence-corrected chi connectivity index (χ3v) is 4.68. The fraction of sp³-hybridized carbons (Fsp3) is 0.857. The summed E-state index contributed by atoms with van der Waals surface area (Å²) in [7, 11) is 3.93. The van der Waals surface area contributed by atoms with E-state index in [1.165, 1.54) is 0 Å². The fourth-order valence-corrected chi connectivity index (χ4v) is 3.31. The van der Waals surface area contributed by atoms with Gasteiger partial charge < -0.3 is 14.9 Å². The molecule has 2 rings (SSSR count). The molecular formula is C14H24N2O3. The number of hydrogen-bond acceptors (Lipinski definition) is 3. The van der Waals surface area contributed by atoms with E-state index < -0.39 is 5.97 Å². The van der Waals surface area contributed by atoms with Crippen LogP contribution in [0.2, 0.25) is 0 Å². The molecule has 1 saturated heterocycles. The van der Waals surface area contributed by atoms with E-state index in [1.807, 2.05) is 19.0 Å². The summed E-state index contributed by atoms with van der Waals surface area (Å²) < 4.78 is 0. The molecule has 108 valence electrons. The standard InChI is InChI=1S/C14H24N2O3/c1-15-8-7-11(9-15)13(17)16(2)12-5-3-10(4-6-12)14(18)19/h10-12H,3-9H2,1-2H3,(H,18,19). The van der Waals surface area contributed by atoms with E-state index >= 15 is 0 Å². The highest BCUT2D eigenvalue weighted by molar-refractivity contribution is 5.79. The Kier molecular flexibility index (Phi) is 4.45. The van der Waals surface area contributed by atoms with Gasteiger partial charge in [-0.2, -0.15) is 0 Å².